The van der Waals surface area contributed by atoms with Gasteiger partial charge >= 0.3 is 0 Å². The fraction of sp³-hybridized carbons (Fsp3) is 0.750. The summed E-state index contributed by atoms with van der Waals surface area (Å²) in [4.78, 5) is 33.4. The summed E-state index contributed by atoms with van der Waals surface area (Å²) in [6.45, 7) is 6.48. The Balaban J connectivity index is 1.84. The van der Waals surface area contributed by atoms with Gasteiger partial charge in [0.25, 0.3) is 0 Å². The standard InChI is InChI=1S/C28H47N5O2/c1-19(2)33(4)20(3)27(34)32-26(28(35)31-18-21-15-16-24(29)30-17-21)25(22-11-7-5-8-12-22)23-13-9-6-10-14-23/h15-17,19-20,22-23,25-26H,5-14,18H2,1-4H3,(H2,29,30)(H,31,35)(H,32,34)/t20-,26+/m0/s1. The van der Waals surface area contributed by atoms with Gasteiger partial charge in [0.1, 0.15) is 11.9 Å². The largest absolute Gasteiger partial charge is 0.384 e. The monoisotopic (exact) mass is 485 g/mol. The molecule has 0 spiro atoms. The van der Waals surface area contributed by atoms with Crippen molar-refractivity contribution in [2.45, 2.75) is 110 Å². The highest BCUT2D eigenvalue weighted by Gasteiger charge is 2.41. The van der Waals surface area contributed by atoms with Gasteiger partial charge in [-0.3, -0.25) is 14.5 Å². The van der Waals surface area contributed by atoms with Gasteiger partial charge < -0.3 is 16.4 Å². The predicted molar refractivity (Wildman–Crippen MR) is 141 cm³/mol. The molecule has 3 rings (SSSR count). The van der Waals surface area contributed by atoms with Crippen molar-refractivity contribution >= 4 is 17.6 Å². The van der Waals surface area contributed by atoms with Crippen molar-refractivity contribution in [1.29, 1.82) is 0 Å². The maximum absolute atomic E-state index is 13.8. The van der Waals surface area contributed by atoms with Crippen LogP contribution in [0.2, 0.25) is 0 Å². The van der Waals surface area contributed by atoms with Crippen molar-refractivity contribution in [3.63, 3.8) is 0 Å². The molecule has 2 aliphatic rings. The van der Waals surface area contributed by atoms with Gasteiger partial charge in [-0.2, -0.15) is 0 Å². The molecule has 7 nitrogen and oxygen atoms in total. The molecule has 0 bridgehead atoms. The summed E-state index contributed by atoms with van der Waals surface area (Å²) < 4.78 is 0. The lowest BCUT2D eigenvalue weighted by atomic mass is 9.66. The van der Waals surface area contributed by atoms with Crippen LogP contribution < -0.4 is 16.4 Å². The second-order valence-corrected chi connectivity index (χ2v) is 11.1. The van der Waals surface area contributed by atoms with E-state index in [1.165, 1.54) is 38.5 Å². The van der Waals surface area contributed by atoms with Crippen LogP contribution in [0.4, 0.5) is 5.82 Å². The van der Waals surface area contributed by atoms with E-state index in [9.17, 15) is 9.59 Å². The number of anilines is 1. The van der Waals surface area contributed by atoms with Crippen LogP contribution in [-0.4, -0.2) is 46.9 Å². The number of hydrogen-bond donors (Lipinski definition) is 3. The number of amides is 2. The number of nitrogens with zero attached hydrogens (tertiary/aromatic N) is 2. The van der Waals surface area contributed by atoms with Gasteiger partial charge in [-0.25, -0.2) is 4.98 Å². The summed E-state index contributed by atoms with van der Waals surface area (Å²) >= 11 is 0. The van der Waals surface area contributed by atoms with Crippen molar-refractivity contribution in [2.75, 3.05) is 12.8 Å². The van der Waals surface area contributed by atoms with Gasteiger partial charge in [0, 0.05) is 18.8 Å². The Morgan fingerprint density at radius 2 is 1.54 bits per heavy atom. The number of hydrogen-bond acceptors (Lipinski definition) is 5. The molecule has 0 aromatic carbocycles. The Morgan fingerprint density at radius 3 is 2.03 bits per heavy atom. The first-order valence-corrected chi connectivity index (χ1v) is 13.8. The number of nitrogen functional groups attached to an aromatic ring is 1. The number of rotatable bonds is 10. The first-order valence-electron chi connectivity index (χ1n) is 13.8. The van der Waals surface area contributed by atoms with Crippen LogP contribution in [0.1, 0.15) is 90.5 Å². The zero-order chi connectivity index (χ0) is 25.4. The lowest BCUT2D eigenvalue weighted by molar-refractivity contribution is -0.134. The highest BCUT2D eigenvalue weighted by atomic mass is 16.2. The molecule has 4 N–H and O–H groups in total. The van der Waals surface area contributed by atoms with Gasteiger partial charge in [0.15, 0.2) is 0 Å². The normalized spacial score (nSPS) is 19.6. The molecular weight excluding hydrogens is 438 g/mol. The molecule has 0 radical (unpaired) electrons. The quantitative estimate of drug-likeness (QED) is 0.459. The molecule has 0 saturated heterocycles. The molecule has 2 aliphatic carbocycles. The molecular formula is C28H47N5O2. The van der Waals surface area contributed by atoms with Crippen LogP contribution in [0.15, 0.2) is 18.3 Å². The Bertz CT molecular complexity index is 782. The minimum Gasteiger partial charge on any atom is -0.384 e. The first kappa shape index (κ1) is 27.4. The summed E-state index contributed by atoms with van der Waals surface area (Å²) in [6.07, 6.45) is 13.8. The zero-order valence-electron chi connectivity index (χ0n) is 22.3. The molecule has 0 unspecified atom stereocenters. The van der Waals surface area contributed by atoms with E-state index in [0.29, 0.717) is 24.2 Å². The minimum absolute atomic E-state index is 0.0629. The van der Waals surface area contributed by atoms with Gasteiger partial charge in [-0.05, 0) is 57.2 Å². The summed E-state index contributed by atoms with van der Waals surface area (Å²) in [5.41, 5.74) is 6.61. The lowest BCUT2D eigenvalue weighted by Gasteiger charge is -2.42. The molecule has 1 aromatic heterocycles. The average Bonchev–Trinajstić information content (AvgIpc) is 2.88. The van der Waals surface area contributed by atoms with Gasteiger partial charge in [0.05, 0.1) is 6.04 Å². The van der Waals surface area contributed by atoms with E-state index in [-0.39, 0.29) is 29.8 Å². The summed E-state index contributed by atoms with van der Waals surface area (Å²) in [6, 6.07) is 3.06. The topological polar surface area (TPSA) is 100 Å². The van der Waals surface area contributed by atoms with E-state index in [1.807, 2.05) is 20.0 Å². The summed E-state index contributed by atoms with van der Waals surface area (Å²) in [5.74, 6) is 1.48. The van der Waals surface area contributed by atoms with Gasteiger partial charge in [-0.15, -0.1) is 0 Å². The van der Waals surface area contributed by atoms with E-state index in [1.54, 1.807) is 12.3 Å². The molecule has 1 aromatic rings. The second-order valence-electron chi connectivity index (χ2n) is 11.1. The average molecular weight is 486 g/mol. The number of likely N-dealkylation sites (N-methyl/N-ethyl adjacent to an activating group) is 1. The maximum Gasteiger partial charge on any atom is 0.243 e. The van der Waals surface area contributed by atoms with E-state index in [4.69, 9.17) is 5.73 Å². The minimum atomic E-state index is -0.515. The first-order chi connectivity index (χ1) is 16.8. The Kier molecular flexibility index (Phi) is 10.4. The molecule has 1 heterocycles. The number of carbonyl (C=O) groups is 2. The molecule has 2 saturated carbocycles. The molecule has 2 atom stereocenters. The number of aromatic nitrogens is 1. The summed E-state index contributed by atoms with van der Waals surface area (Å²) in [7, 11) is 1.97. The number of carbonyl (C=O) groups excluding carboxylic acids is 2. The van der Waals surface area contributed by atoms with Gasteiger partial charge in [0.2, 0.25) is 11.8 Å². The number of nitrogens with one attached hydrogen (secondary N) is 2. The Morgan fingerprint density at radius 1 is 0.971 bits per heavy atom. The fourth-order valence-electron chi connectivity index (χ4n) is 6.05. The number of nitrogens with two attached hydrogens (primary N) is 1. The highest BCUT2D eigenvalue weighted by molar-refractivity contribution is 5.90. The van der Waals surface area contributed by atoms with Crippen molar-refractivity contribution in [3.05, 3.63) is 23.9 Å². The van der Waals surface area contributed by atoms with Crippen LogP contribution in [0.25, 0.3) is 0 Å². The molecule has 2 amide bonds. The molecule has 7 heteroatoms. The third-order valence-corrected chi connectivity index (χ3v) is 8.47. The van der Waals surface area contributed by atoms with Crippen LogP contribution in [-0.2, 0) is 16.1 Å². The lowest BCUT2D eigenvalue weighted by Crippen LogP contribution is -2.58. The van der Waals surface area contributed by atoms with Crippen molar-refractivity contribution in [1.82, 2.24) is 20.5 Å². The zero-order valence-corrected chi connectivity index (χ0v) is 22.3. The van der Waals surface area contributed by atoms with Crippen molar-refractivity contribution in [2.24, 2.45) is 17.8 Å². The van der Waals surface area contributed by atoms with E-state index in [2.05, 4.69) is 34.4 Å². The fourth-order valence-corrected chi connectivity index (χ4v) is 6.05. The smallest absolute Gasteiger partial charge is 0.243 e. The van der Waals surface area contributed by atoms with Crippen LogP contribution in [0, 0.1) is 17.8 Å². The molecule has 196 valence electrons. The third-order valence-electron chi connectivity index (χ3n) is 8.47. The predicted octanol–water partition coefficient (Wildman–Crippen LogP) is 4.27. The number of pyridine rings is 1. The van der Waals surface area contributed by atoms with E-state index >= 15 is 0 Å². The maximum atomic E-state index is 13.8. The van der Waals surface area contributed by atoms with E-state index in [0.717, 1.165) is 31.2 Å². The van der Waals surface area contributed by atoms with Crippen LogP contribution >= 0.6 is 0 Å². The molecule has 0 aliphatic heterocycles. The highest BCUT2D eigenvalue weighted by Crippen LogP contribution is 2.42. The van der Waals surface area contributed by atoms with Crippen molar-refractivity contribution < 1.29 is 9.59 Å². The van der Waals surface area contributed by atoms with Crippen molar-refractivity contribution in [3.8, 4) is 0 Å². The Labute approximate surface area is 212 Å². The third kappa shape index (κ3) is 7.66. The van der Waals surface area contributed by atoms with Gasteiger partial charge in [-0.1, -0.05) is 70.3 Å². The Hall–Kier alpha value is -2.15. The molecule has 2 fully saturated rings. The summed E-state index contributed by atoms with van der Waals surface area (Å²) in [5, 5.41) is 6.39. The van der Waals surface area contributed by atoms with E-state index < -0.39 is 6.04 Å². The second kappa shape index (κ2) is 13.2. The molecule has 35 heavy (non-hydrogen) atoms. The van der Waals surface area contributed by atoms with Crippen LogP contribution in [0.3, 0.4) is 0 Å². The SMILES string of the molecule is CC(C)N(C)[C@@H](C)C(=O)N[C@@H](C(=O)NCc1ccc(N)nc1)C(C1CCCCC1)C1CCCCC1. The van der Waals surface area contributed by atoms with Crippen LogP contribution in [0.5, 0.6) is 0 Å².